The number of aromatic nitrogens is 2. The maximum absolute atomic E-state index is 13.3. The summed E-state index contributed by atoms with van der Waals surface area (Å²) in [5, 5.41) is 10.9. The van der Waals surface area contributed by atoms with Crippen molar-refractivity contribution in [2.45, 2.75) is 16.2 Å². The average molecular weight is 527 g/mol. The number of amides is 1. The molecule has 3 aromatic rings. The van der Waals surface area contributed by atoms with Crippen LogP contribution in [0.25, 0.3) is 0 Å². The third-order valence-corrected chi connectivity index (χ3v) is 8.19. The highest BCUT2D eigenvalue weighted by molar-refractivity contribution is 8.01. The van der Waals surface area contributed by atoms with Gasteiger partial charge in [0.25, 0.3) is 10.0 Å². The van der Waals surface area contributed by atoms with Gasteiger partial charge in [-0.25, -0.2) is 8.42 Å². The molecule has 1 aromatic heterocycles. The van der Waals surface area contributed by atoms with Crippen LogP contribution in [0.1, 0.15) is 5.56 Å². The predicted octanol–water partition coefficient (Wildman–Crippen LogP) is 3.60. The van der Waals surface area contributed by atoms with Crippen LogP contribution < -0.4 is 9.62 Å². The van der Waals surface area contributed by atoms with Gasteiger partial charge in [0.2, 0.25) is 11.0 Å². The van der Waals surface area contributed by atoms with E-state index in [4.69, 9.17) is 11.6 Å². The lowest BCUT2D eigenvalue weighted by molar-refractivity contribution is -0.137. The Hall–Kier alpha value is -2.67. The quantitative estimate of drug-likeness (QED) is 0.255. The number of carbonyl (C=O) groups excluding carboxylic acids is 2. The van der Waals surface area contributed by atoms with Gasteiger partial charge >= 0.3 is 5.97 Å². The van der Waals surface area contributed by atoms with Crippen LogP contribution in [0.3, 0.4) is 0 Å². The molecule has 1 heterocycles. The Morgan fingerprint density at radius 1 is 1.12 bits per heavy atom. The molecule has 0 saturated carbocycles. The third kappa shape index (κ3) is 6.67. The maximum atomic E-state index is 13.3. The number of esters is 1. The summed E-state index contributed by atoms with van der Waals surface area (Å²) in [5.74, 6) is -0.972. The van der Waals surface area contributed by atoms with E-state index in [0.717, 1.165) is 33.0 Å². The smallest absolute Gasteiger partial charge is 0.316 e. The van der Waals surface area contributed by atoms with E-state index in [2.05, 4.69) is 20.3 Å². The number of sulfonamides is 1. The summed E-state index contributed by atoms with van der Waals surface area (Å²) in [6.45, 7) is 1.35. The Labute approximate surface area is 204 Å². The summed E-state index contributed by atoms with van der Waals surface area (Å²) in [7, 11) is -2.76. The number of ether oxygens (including phenoxy) is 1. The molecule has 0 aliphatic carbocycles. The van der Waals surface area contributed by atoms with Crippen LogP contribution in [0.4, 0.5) is 10.8 Å². The van der Waals surface area contributed by atoms with E-state index in [0.29, 0.717) is 9.36 Å². The Balaban J connectivity index is 1.80. The third-order valence-electron chi connectivity index (χ3n) is 4.20. The summed E-state index contributed by atoms with van der Waals surface area (Å²) in [4.78, 5) is 24.0. The predicted molar refractivity (Wildman–Crippen MR) is 128 cm³/mol. The molecule has 9 nitrogen and oxygen atoms in total. The van der Waals surface area contributed by atoms with Crippen molar-refractivity contribution in [3.05, 3.63) is 59.1 Å². The Bertz CT molecular complexity index is 1230. The first kappa shape index (κ1) is 25.0. The fraction of sp³-hybridized carbons (Fsp3) is 0.200. The number of carbonyl (C=O) groups is 2. The highest BCUT2D eigenvalue weighted by atomic mass is 35.5. The Kier molecular flexibility index (Phi) is 8.30. The van der Waals surface area contributed by atoms with E-state index in [1.165, 1.54) is 31.4 Å². The fourth-order valence-corrected chi connectivity index (χ4v) is 5.69. The molecule has 1 amide bonds. The second kappa shape index (κ2) is 11.0. The molecule has 0 radical (unpaired) electrons. The first-order valence-electron chi connectivity index (χ1n) is 9.37. The second-order valence-electron chi connectivity index (χ2n) is 6.59. The number of hydrogen-bond acceptors (Lipinski definition) is 9. The van der Waals surface area contributed by atoms with Crippen LogP contribution >= 0.6 is 34.7 Å². The lowest BCUT2D eigenvalue weighted by atomic mass is 10.2. The van der Waals surface area contributed by atoms with E-state index in [1.54, 1.807) is 24.3 Å². The number of halogens is 1. The van der Waals surface area contributed by atoms with E-state index in [-0.39, 0.29) is 21.5 Å². The number of nitrogens with one attached hydrogen (secondary N) is 1. The summed E-state index contributed by atoms with van der Waals surface area (Å²) in [5.41, 5.74) is 1.18. The number of rotatable bonds is 9. The van der Waals surface area contributed by atoms with Crippen LogP contribution in [-0.4, -0.2) is 49.9 Å². The number of benzene rings is 2. The molecule has 13 heteroatoms. The molecule has 0 atom stereocenters. The Morgan fingerprint density at radius 3 is 2.42 bits per heavy atom. The van der Waals surface area contributed by atoms with E-state index < -0.39 is 28.4 Å². The van der Waals surface area contributed by atoms with Gasteiger partial charge < -0.3 is 4.74 Å². The highest BCUT2D eigenvalue weighted by Gasteiger charge is 2.27. The van der Waals surface area contributed by atoms with Crippen molar-refractivity contribution in [3.63, 3.8) is 0 Å². The standard InChI is InChI=1S/C20H19ClN4O5S3/c1-13-3-9-16(10-4-13)33(28,29)25(15-7-5-14(21)6-8-15)11-17(26)22-19-23-24-20(32-19)31-12-18(27)30-2/h3-10H,11-12H2,1-2H3,(H,22,23,26). The molecule has 174 valence electrons. The van der Waals surface area contributed by atoms with Crippen LogP contribution in [-0.2, 0) is 24.3 Å². The van der Waals surface area contributed by atoms with E-state index in [9.17, 15) is 18.0 Å². The topological polar surface area (TPSA) is 119 Å². The lowest BCUT2D eigenvalue weighted by Crippen LogP contribution is -2.38. The minimum absolute atomic E-state index is 0.0493. The molecule has 3 rings (SSSR count). The van der Waals surface area contributed by atoms with Crippen molar-refractivity contribution < 1.29 is 22.7 Å². The van der Waals surface area contributed by atoms with Gasteiger partial charge in [-0.15, -0.1) is 10.2 Å². The summed E-state index contributed by atoms with van der Waals surface area (Å²) >= 11 is 8.12. The summed E-state index contributed by atoms with van der Waals surface area (Å²) in [6, 6.07) is 12.5. The van der Waals surface area contributed by atoms with Crippen molar-refractivity contribution in [3.8, 4) is 0 Å². The minimum Gasteiger partial charge on any atom is -0.468 e. The van der Waals surface area contributed by atoms with Gasteiger partial charge in [-0.1, -0.05) is 52.4 Å². The summed E-state index contributed by atoms with van der Waals surface area (Å²) < 4.78 is 32.7. The number of anilines is 2. The van der Waals surface area contributed by atoms with Crippen molar-refractivity contribution >= 4 is 67.4 Å². The molecule has 0 aliphatic rings. The van der Waals surface area contributed by atoms with Crippen LogP contribution in [0.5, 0.6) is 0 Å². The molecular formula is C20H19ClN4O5S3. The molecule has 0 saturated heterocycles. The van der Waals surface area contributed by atoms with Gasteiger partial charge in [-0.05, 0) is 43.3 Å². The van der Waals surface area contributed by atoms with Crippen LogP contribution in [0.2, 0.25) is 5.02 Å². The Morgan fingerprint density at radius 2 is 1.79 bits per heavy atom. The number of thioether (sulfide) groups is 1. The average Bonchev–Trinajstić information content (AvgIpc) is 3.24. The van der Waals surface area contributed by atoms with E-state index in [1.807, 2.05) is 6.92 Å². The SMILES string of the molecule is COC(=O)CSc1nnc(NC(=O)CN(c2ccc(Cl)cc2)S(=O)(=O)c2ccc(C)cc2)s1. The molecular weight excluding hydrogens is 508 g/mol. The lowest BCUT2D eigenvalue weighted by Gasteiger charge is -2.24. The molecule has 0 fully saturated rings. The van der Waals surface area contributed by atoms with Crippen molar-refractivity contribution in [1.82, 2.24) is 10.2 Å². The molecule has 0 aliphatic heterocycles. The van der Waals surface area contributed by atoms with Gasteiger partial charge in [0, 0.05) is 5.02 Å². The van der Waals surface area contributed by atoms with E-state index >= 15 is 0 Å². The van der Waals surface area contributed by atoms with Gasteiger partial charge in [0.1, 0.15) is 6.54 Å². The largest absolute Gasteiger partial charge is 0.468 e. The van der Waals surface area contributed by atoms with Gasteiger partial charge in [0.05, 0.1) is 23.4 Å². The van der Waals surface area contributed by atoms with Crippen molar-refractivity contribution in [2.75, 3.05) is 29.0 Å². The molecule has 1 N–H and O–H groups in total. The number of aryl methyl sites for hydroxylation is 1. The van der Waals surface area contributed by atoms with Gasteiger partial charge in [0.15, 0.2) is 4.34 Å². The summed E-state index contributed by atoms with van der Waals surface area (Å²) in [6.07, 6.45) is 0. The highest BCUT2D eigenvalue weighted by Crippen LogP contribution is 2.27. The molecule has 2 aromatic carbocycles. The van der Waals surface area contributed by atoms with Crippen molar-refractivity contribution in [2.24, 2.45) is 0 Å². The monoisotopic (exact) mass is 526 g/mol. The van der Waals surface area contributed by atoms with Crippen molar-refractivity contribution in [1.29, 1.82) is 0 Å². The first-order chi connectivity index (χ1) is 15.7. The maximum Gasteiger partial charge on any atom is 0.316 e. The second-order valence-corrected chi connectivity index (χ2v) is 11.1. The zero-order chi connectivity index (χ0) is 24.0. The normalized spacial score (nSPS) is 11.1. The van der Waals surface area contributed by atoms with Crippen LogP contribution in [0, 0.1) is 6.92 Å². The zero-order valence-corrected chi connectivity index (χ0v) is 20.7. The zero-order valence-electron chi connectivity index (χ0n) is 17.5. The fourth-order valence-electron chi connectivity index (χ4n) is 2.55. The first-order valence-corrected chi connectivity index (χ1v) is 13.0. The molecule has 0 bridgehead atoms. The number of nitrogens with zero attached hydrogens (tertiary/aromatic N) is 3. The van der Waals surface area contributed by atoms with Gasteiger partial charge in [-0.2, -0.15) is 0 Å². The number of methoxy groups -OCH3 is 1. The molecule has 0 unspecified atom stereocenters. The van der Waals surface area contributed by atoms with Crippen LogP contribution in [0.15, 0.2) is 57.8 Å². The molecule has 0 spiro atoms. The van der Waals surface area contributed by atoms with Gasteiger partial charge in [-0.3, -0.25) is 19.2 Å². The molecule has 33 heavy (non-hydrogen) atoms. The number of hydrogen-bond donors (Lipinski definition) is 1. The minimum atomic E-state index is -4.05.